The molecule has 0 fully saturated rings. The third kappa shape index (κ3) is 5.87. The van der Waals surface area contributed by atoms with Crippen molar-refractivity contribution in [2.24, 2.45) is 0 Å². The lowest BCUT2D eigenvalue weighted by molar-refractivity contribution is 0.0792. The molecule has 0 aromatic heterocycles. The topological polar surface area (TPSA) is 75.7 Å². The minimum absolute atomic E-state index is 0.0593. The van der Waals surface area contributed by atoms with Crippen LogP contribution in [-0.4, -0.2) is 53.1 Å². The molecule has 1 N–H and O–H groups in total. The second-order valence-corrected chi connectivity index (χ2v) is 7.73. The van der Waals surface area contributed by atoms with Crippen LogP contribution in [-0.2, 0) is 14.8 Å². The summed E-state index contributed by atoms with van der Waals surface area (Å²) >= 11 is 3.32. The van der Waals surface area contributed by atoms with Gasteiger partial charge in [-0.15, -0.1) is 0 Å². The Balaban J connectivity index is 3.01. The summed E-state index contributed by atoms with van der Waals surface area (Å²) in [4.78, 5) is 14.1. The van der Waals surface area contributed by atoms with Crippen LogP contribution in [0.25, 0.3) is 0 Å². The molecule has 0 saturated carbocycles. The number of ether oxygens (including phenoxy) is 1. The van der Waals surface area contributed by atoms with Crippen molar-refractivity contribution in [3.05, 3.63) is 28.2 Å². The third-order valence-corrected chi connectivity index (χ3v) is 5.42. The molecular formula is C15H23BrN2O4S. The standard InChI is InChI=1S/C15H23BrN2O4S/c1-4-5-9-18(2)15(19)13-11-12(6-7-14(13)16)23(20,21)17-8-10-22-3/h6-7,11,17H,4-5,8-10H2,1-3H3. The number of hydrogen-bond donors (Lipinski definition) is 1. The molecule has 0 radical (unpaired) electrons. The number of nitrogens with zero attached hydrogens (tertiary/aromatic N) is 1. The van der Waals surface area contributed by atoms with E-state index >= 15 is 0 Å². The van der Waals surface area contributed by atoms with Crippen molar-refractivity contribution in [3.63, 3.8) is 0 Å². The maximum atomic E-state index is 12.5. The zero-order valence-electron chi connectivity index (χ0n) is 13.6. The predicted octanol–water partition coefficient (Wildman–Crippen LogP) is 2.25. The molecule has 1 amide bonds. The first kappa shape index (κ1) is 20.1. The summed E-state index contributed by atoms with van der Waals surface area (Å²) in [7, 11) is -0.462. The lowest BCUT2D eigenvalue weighted by Gasteiger charge is -2.18. The molecule has 0 atom stereocenters. The van der Waals surface area contributed by atoms with E-state index in [9.17, 15) is 13.2 Å². The number of sulfonamides is 1. The van der Waals surface area contributed by atoms with Gasteiger partial charge in [0.1, 0.15) is 0 Å². The third-order valence-electron chi connectivity index (χ3n) is 3.27. The molecule has 0 heterocycles. The smallest absolute Gasteiger partial charge is 0.254 e. The Labute approximate surface area is 146 Å². The number of halogens is 1. The Morgan fingerprint density at radius 1 is 1.39 bits per heavy atom. The minimum Gasteiger partial charge on any atom is -0.383 e. The number of amides is 1. The van der Waals surface area contributed by atoms with Crippen molar-refractivity contribution in [3.8, 4) is 0 Å². The summed E-state index contributed by atoms with van der Waals surface area (Å²) in [5, 5.41) is 0. The van der Waals surface area contributed by atoms with Crippen molar-refractivity contribution in [2.45, 2.75) is 24.7 Å². The monoisotopic (exact) mass is 406 g/mol. The van der Waals surface area contributed by atoms with E-state index in [1.54, 1.807) is 18.0 Å². The second kappa shape index (κ2) is 9.36. The molecule has 0 saturated heterocycles. The maximum Gasteiger partial charge on any atom is 0.254 e. The van der Waals surface area contributed by atoms with E-state index in [0.29, 0.717) is 16.6 Å². The van der Waals surface area contributed by atoms with Crippen LogP contribution < -0.4 is 4.72 Å². The minimum atomic E-state index is -3.67. The van der Waals surface area contributed by atoms with Crippen molar-refractivity contribution in [2.75, 3.05) is 33.9 Å². The Morgan fingerprint density at radius 3 is 2.70 bits per heavy atom. The molecule has 6 nitrogen and oxygen atoms in total. The van der Waals surface area contributed by atoms with Gasteiger partial charge in [-0.1, -0.05) is 13.3 Å². The molecule has 1 aromatic rings. The molecule has 0 aliphatic heterocycles. The van der Waals surface area contributed by atoms with Crippen LogP contribution >= 0.6 is 15.9 Å². The molecule has 0 spiro atoms. The Hall–Kier alpha value is -0.960. The first-order valence-electron chi connectivity index (χ1n) is 7.37. The van der Waals surface area contributed by atoms with Gasteiger partial charge in [-0.3, -0.25) is 4.79 Å². The number of rotatable bonds is 9. The summed E-state index contributed by atoms with van der Waals surface area (Å²) < 4.78 is 32.3. The lowest BCUT2D eigenvalue weighted by atomic mass is 10.2. The van der Waals surface area contributed by atoms with Gasteiger partial charge in [0.25, 0.3) is 5.91 Å². The van der Waals surface area contributed by atoms with Gasteiger partial charge in [0.2, 0.25) is 10.0 Å². The second-order valence-electron chi connectivity index (χ2n) is 5.11. The molecule has 0 aliphatic rings. The van der Waals surface area contributed by atoms with Gasteiger partial charge in [0.15, 0.2) is 0 Å². The fourth-order valence-corrected chi connectivity index (χ4v) is 3.35. The van der Waals surface area contributed by atoms with E-state index in [0.717, 1.165) is 12.8 Å². The van der Waals surface area contributed by atoms with E-state index in [4.69, 9.17) is 4.74 Å². The van der Waals surface area contributed by atoms with Gasteiger partial charge in [-0.2, -0.15) is 0 Å². The van der Waals surface area contributed by atoms with Crippen molar-refractivity contribution in [1.29, 1.82) is 0 Å². The molecule has 23 heavy (non-hydrogen) atoms. The number of benzene rings is 1. The zero-order valence-corrected chi connectivity index (χ0v) is 16.0. The lowest BCUT2D eigenvalue weighted by Crippen LogP contribution is -2.29. The number of carbonyl (C=O) groups excluding carboxylic acids is 1. The van der Waals surface area contributed by atoms with Crippen molar-refractivity contribution >= 4 is 31.9 Å². The van der Waals surface area contributed by atoms with Gasteiger partial charge in [0.05, 0.1) is 17.1 Å². The number of methoxy groups -OCH3 is 1. The molecule has 130 valence electrons. The van der Waals surface area contributed by atoms with Crippen LogP contribution in [0.15, 0.2) is 27.6 Å². The van der Waals surface area contributed by atoms with E-state index in [1.165, 1.54) is 19.2 Å². The molecular weight excluding hydrogens is 384 g/mol. The van der Waals surface area contributed by atoms with E-state index in [-0.39, 0.29) is 24.0 Å². The SMILES string of the molecule is CCCCN(C)C(=O)c1cc(S(=O)(=O)NCCOC)ccc1Br. The average molecular weight is 407 g/mol. The highest BCUT2D eigenvalue weighted by Crippen LogP contribution is 2.22. The molecule has 0 bridgehead atoms. The number of hydrogen-bond acceptors (Lipinski definition) is 4. The number of carbonyl (C=O) groups is 1. The quantitative estimate of drug-likeness (QED) is 0.638. The van der Waals surface area contributed by atoms with Gasteiger partial charge >= 0.3 is 0 Å². The van der Waals surface area contributed by atoms with Crippen LogP contribution in [0.4, 0.5) is 0 Å². The van der Waals surface area contributed by atoms with Crippen LogP contribution in [0.5, 0.6) is 0 Å². The highest BCUT2D eigenvalue weighted by molar-refractivity contribution is 9.10. The van der Waals surface area contributed by atoms with Crippen LogP contribution in [0.3, 0.4) is 0 Å². The molecule has 1 rings (SSSR count). The van der Waals surface area contributed by atoms with Crippen LogP contribution in [0, 0.1) is 0 Å². The highest BCUT2D eigenvalue weighted by atomic mass is 79.9. The molecule has 1 aromatic carbocycles. The fraction of sp³-hybridized carbons (Fsp3) is 0.533. The first-order valence-corrected chi connectivity index (χ1v) is 9.64. The summed E-state index contributed by atoms with van der Waals surface area (Å²) in [6.45, 7) is 3.13. The highest BCUT2D eigenvalue weighted by Gasteiger charge is 2.20. The van der Waals surface area contributed by atoms with Gasteiger partial charge in [0, 0.05) is 31.7 Å². The maximum absolute atomic E-state index is 12.5. The van der Waals surface area contributed by atoms with Crippen LogP contribution in [0.1, 0.15) is 30.1 Å². The molecule has 0 aliphatic carbocycles. The number of unbranched alkanes of at least 4 members (excludes halogenated alkanes) is 1. The molecule has 0 unspecified atom stereocenters. The summed E-state index contributed by atoms with van der Waals surface area (Å²) in [5.41, 5.74) is 0.332. The summed E-state index contributed by atoms with van der Waals surface area (Å²) in [6, 6.07) is 4.43. The average Bonchev–Trinajstić information content (AvgIpc) is 2.52. The first-order chi connectivity index (χ1) is 10.8. The summed E-state index contributed by atoms with van der Waals surface area (Å²) in [5.74, 6) is -0.209. The fourth-order valence-electron chi connectivity index (χ4n) is 1.90. The number of nitrogens with one attached hydrogen (secondary N) is 1. The van der Waals surface area contributed by atoms with Crippen molar-refractivity contribution in [1.82, 2.24) is 9.62 Å². The van der Waals surface area contributed by atoms with Crippen LogP contribution in [0.2, 0.25) is 0 Å². The van der Waals surface area contributed by atoms with Gasteiger partial charge in [-0.25, -0.2) is 13.1 Å². The normalized spacial score (nSPS) is 11.5. The van der Waals surface area contributed by atoms with E-state index in [1.807, 2.05) is 6.92 Å². The van der Waals surface area contributed by atoms with E-state index in [2.05, 4.69) is 20.7 Å². The molecule has 8 heteroatoms. The van der Waals surface area contributed by atoms with Gasteiger partial charge < -0.3 is 9.64 Å². The van der Waals surface area contributed by atoms with E-state index < -0.39 is 10.0 Å². The Bertz CT molecular complexity index is 634. The zero-order chi connectivity index (χ0) is 17.5. The predicted molar refractivity (Wildman–Crippen MR) is 93.1 cm³/mol. The Morgan fingerprint density at radius 2 is 2.09 bits per heavy atom. The summed E-state index contributed by atoms with van der Waals surface area (Å²) in [6.07, 6.45) is 1.88. The Kier molecular flexibility index (Phi) is 8.18. The van der Waals surface area contributed by atoms with Gasteiger partial charge in [-0.05, 0) is 40.5 Å². The largest absolute Gasteiger partial charge is 0.383 e. The van der Waals surface area contributed by atoms with Crippen molar-refractivity contribution < 1.29 is 17.9 Å².